The molecule has 4 N–H and O–H groups in total. The second-order valence-electron chi connectivity index (χ2n) is 8.96. The lowest BCUT2D eigenvalue weighted by atomic mass is 9.99. The Labute approximate surface area is 215 Å². The van der Waals surface area contributed by atoms with Crippen LogP contribution in [-0.2, 0) is 21.0 Å². The van der Waals surface area contributed by atoms with Crippen LogP contribution in [0.5, 0.6) is 0 Å². The first-order valence-corrected chi connectivity index (χ1v) is 12.2. The van der Waals surface area contributed by atoms with Gasteiger partial charge in [-0.2, -0.15) is 5.06 Å². The minimum atomic E-state index is -0.156. The third kappa shape index (κ3) is 5.39. The summed E-state index contributed by atoms with van der Waals surface area (Å²) < 4.78 is 5.38. The van der Waals surface area contributed by atoms with Gasteiger partial charge in [0.25, 0.3) is 5.91 Å². The largest absolute Gasteiger partial charge is 0.379 e. The van der Waals surface area contributed by atoms with Crippen molar-refractivity contribution in [1.82, 2.24) is 15.0 Å². The van der Waals surface area contributed by atoms with E-state index in [1.807, 2.05) is 61.4 Å². The van der Waals surface area contributed by atoms with Crippen LogP contribution in [0.4, 0.5) is 11.5 Å². The van der Waals surface area contributed by atoms with Gasteiger partial charge < -0.3 is 25.8 Å². The van der Waals surface area contributed by atoms with Gasteiger partial charge in [-0.1, -0.05) is 12.1 Å². The smallest absolute Gasteiger partial charge is 0.256 e. The summed E-state index contributed by atoms with van der Waals surface area (Å²) in [7, 11) is 0. The van der Waals surface area contributed by atoms with Crippen molar-refractivity contribution < 1.29 is 14.4 Å². The fourth-order valence-electron chi connectivity index (χ4n) is 4.47. The summed E-state index contributed by atoms with van der Waals surface area (Å²) >= 11 is 0. The van der Waals surface area contributed by atoms with Gasteiger partial charge in [-0.3, -0.25) is 9.63 Å². The SMILES string of the molecule is Cc1[nH]c(/C=C2\C(=O)Nc3ccc(/C(C=N)=C/Nc4ccccn4)cc32)c(C)c1CON1CCOCC1. The fourth-order valence-corrected chi connectivity index (χ4v) is 4.47. The molecule has 2 aromatic heterocycles. The van der Waals surface area contributed by atoms with E-state index in [9.17, 15) is 4.79 Å². The van der Waals surface area contributed by atoms with Gasteiger partial charge >= 0.3 is 0 Å². The maximum Gasteiger partial charge on any atom is 0.256 e. The molecule has 2 aliphatic rings. The summed E-state index contributed by atoms with van der Waals surface area (Å²) in [6, 6.07) is 11.3. The zero-order valence-corrected chi connectivity index (χ0v) is 20.9. The molecule has 5 rings (SSSR count). The Morgan fingerprint density at radius 2 is 2.08 bits per heavy atom. The predicted octanol–water partition coefficient (Wildman–Crippen LogP) is 4.39. The summed E-state index contributed by atoms with van der Waals surface area (Å²) in [5.41, 5.74) is 7.63. The van der Waals surface area contributed by atoms with Gasteiger partial charge in [0, 0.05) is 65.5 Å². The van der Waals surface area contributed by atoms with Crippen molar-refractivity contribution in [1.29, 1.82) is 5.41 Å². The molecule has 4 heterocycles. The number of allylic oxidation sites excluding steroid dienone is 1. The predicted molar refractivity (Wildman–Crippen MR) is 145 cm³/mol. The Balaban J connectivity index is 1.40. The van der Waals surface area contributed by atoms with Crippen molar-refractivity contribution in [3.8, 4) is 0 Å². The number of morpholine rings is 1. The van der Waals surface area contributed by atoms with Crippen molar-refractivity contribution >= 4 is 40.8 Å². The Bertz CT molecular complexity index is 1370. The minimum Gasteiger partial charge on any atom is -0.379 e. The number of hydrogen-bond acceptors (Lipinski definition) is 7. The molecular weight excluding hydrogens is 468 g/mol. The first-order chi connectivity index (χ1) is 18.0. The number of carbonyl (C=O) groups excluding carboxylic acids is 1. The lowest BCUT2D eigenvalue weighted by Gasteiger charge is -2.25. The first kappa shape index (κ1) is 24.6. The first-order valence-electron chi connectivity index (χ1n) is 12.2. The molecule has 1 aromatic carbocycles. The minimum absolute atomic E-state index is 0.156. The standard InChI is InChI=1S/C28H30N6O3/c1-18-24(17-37-34-9-11-36-12-10-34)19(2)32-26(18)14-23-22-13-20(6-7-25(22)33-28(23)35)21(15-29)16-31-27-5-3-4-8-30-27/h3-8,13-16,29,32H,9-12,17H2,1-2H3,(H,30,31)(H,33,35)/b21-16+,23-14-,29-15?. The molecule has 37 heavy (non-hydrogen) atoms. The third-order valence-electron chi connectivity index (χ3n) is 6.61. The number of amides is 1. The lowest BCUT2D eigenvalue weighted by Crippen LogP contribution is -2.36. The monoisotopic (exact) mass is 498 g/mol. The summed E-state index contributed by atoms with van der Waals surface area (Å²) in [6.07, 6.45) is 6.62. The Morgan fingerprint density at radius 3 is 2.84 bits per heavy atom. The molecule has 190 valence electrons. The second kappa shape index (κ2) is 10.9. The molecule has 9 nitrogen and oxygen atoms in total. The average Bonchev–Trinajstić information content (AvgIpc) is 3.38. The van der Waals surface area contributed by atoms with Gasteiger partial charge in [-0.25, -0.2) is 4.98 Å². The highest BCUT2D eigenvalue weighted by atomic mass is 16.7. The summed E-state index contributed by atoms with van der Waals surface area (Å²) in [5, 5.41) is 15.9. The Morgan fingerprint density at radius 1 is 1.24 bits per heavy atom. The van der Waals surface area contributed by atoms with E-state index in [-0.39, 0.29) is 5.91 Å². The van der Waals surface area contributed by atoms with E-state index in [1.54, 1.807) is 12.4 Å². The maximum absolute atomic E-state index is 12.9. The number of nitrogens with zero attached hydrogens (tertiary/aromatic N) is 2. The zero-order chi connectivity index (χ0) is 25.8. The lowest BCUT2D eigenvalue weighted by molar-refractivity contribution is -0.202. The van der Waals surface area contributed by atoms with Gasteiger partial charge in [-0.15, -0.1) is 0 Å². The highest BCUT2D eigenvalue weighted by Gasteiger charge is 2.26. The van der Waals surface area contributed by atoms with Crippen LogP contribution >= 0.6 is 0 Å². The number of aryl methyl sites for hydroxylation is 1. The van der Waals surface area contributed by atoms with E-state index in [2.05, 4.69) is 20.6 Å². The number of benzene rings is 1. The number of aromatic nitrogens is 2. The van der Waals surface area contributed by atoms with Crippen molar-refractivity contribution in [3.05, 3.63) is 82.4 Å². The van der Waals surface area contributed by atoms with Gasteiger partial charge in [0.1, 0.15) is 5.82 Å². The summed E-state index contributed by atoms with van der Waals surface area (Å²) in [4.78, 5) is 26.6. The van der Waals surface area contributed by atoms with Crippen LogP contribution < -0.4 is 10.6 Å². The van der Waals surface area contributed by atoms with Crippen molar-refractivity contribution in [3.63, 3.8) is 0 Å². The number of hydroxylamine groups is 2. The number of aromatic amines is 1. The van der Waals surface area contributed by atoms with Crippen molar-refractivity contribution in [2.24, 2.45) is 0 Å². The quantitative estimate of drug-likeness (QED) is 0.271. The molecule has 1 fully saturated rings. The van der Waals surface area contributed by atoms with Gasteiger partial charge in [-0.05, 0) is 55.3 Å². The molecule has 0 saturated carbocycles. The van der Waals surface area contributed by atoms with E-state index in [1.165, 1.54) is 6.21 Å². The number of rotatable bonds is 8. The maximum atomic E-state index is 12.9. The van der Waals surface area contributed by atoms with Crippen LogP contribution in [0.25, 0.3) is 17.2 Å². The van der Waals surface area contributed by atoms with Crippen molar-refractivity contribution in [2.45, 2.75) is 20.5 Å². The van der Waals surface area contributed by atoms with Crippen LogP contribution in [0.2, 0.25) is 0 Å². The summed E-state index contributed by atoms with van der Waals surface area (Å²) in [6.45, 7) is 7.37. The fraction of sp³-hybridized carbons (Fsp3) is 0.250. The molecule has 3 aromatic rings. The molecule has 1 saturated heterocycles. The Kier molecular flexibility index (Phi) is 7.27. The normalized spacial score (nSPS) is 17.1. The number of fused-ring (bicyclic) bond motifs is 1. The van der Waals surface area contributed by atoms with E-state index in [0.29, 0.717) is 36.8 Å². The van der Waals surface area contributed by atoms with Gasteiger partial charge in [0.2, 0.25) is 0 Å². The molecule has 0 atom stereocenters. The number of anilines is 2. The van der Waals surface area contributed by atoms with E-state index >= 15 is 0 Å². The molecular formula is C28H30N6O3. The number of H-pyrrole nitrogens is 1. The van der Waals surface area contributed by atoms with Crippen LogP contribution in [-0.4, -0.2) is 53.5 Å². The van der Waals surface area contributed by atoms with Gasteiger partial charge in [0.15, 0.2) is 0 Å². The van der Waals surface area contributed by atoms with Crippen LogP contribution in [0.3, 0.4) is 0 Å². The third-order valence-corrected chi connectivity index (χ3v) is 6.61. The molecule has 0 aliphatic carbocycles. The van der Waals surface area contributed by atoms with Crippen LogP contribution in [0, 0.1) is 19.3 Å². The molecule has 9 heteroatoms. The number of hydrogen-bond donors (Lipinski definition) is 4. The van der Waals surface area contributed by atoms with Gasteiger partial charge in [0.05, 0.1) is 25.4 Å². The van der Waals surface area contributed by atoms with Crippen LogP contribution in [0.1, 0.15) is 33.6 Å². The molecule has 0 radical (unpaired) electrons. The van der Waals surface area contributed by atoms with Crippen molar-refractivity contribution in [2.75, 3.05) is 36.9 Å². The molecule has 2 aliphatic heterocycles. The highest BCUT2D eigenvalue weighted by Crippen LogP contribution is 2.36. The Hall–Kier alpha value is -4.05. The number of pyridine rings is 1. The highest BCUT2D eigenvalue weighted by molar-refractivity contribution is 6.35. The van der Waals surface area contributed by atoms with E-state index in [4.69, 9.17) is 15.0 Å². The summed E-state index contributed by atoms with van der Waals surface area (Å²) in [5.74, 6) is 0.531. The molecule has 1 amide bonds. The number of ether oxygens (including phenoxy) is 1. The van der Waals surface area contributed by atoms with E-state index < -0.39 is 0 Å². The second-order valence-corrected chi connectivity index (χ2v) is 8.96. The molecule has 0 spiro atoms. The number of carbonyl (C=O) groups is 1. The zero-order valence-electron chi connectivity index (χ0n) is 20.9. The topological polar surface area (TPSA) is 115 Å². The molecule has 0 unspecified atom stereocenters. The van der Waals surface area contributed by atoms with Crippen LogP contribution in [0.15, 0.2) is 48.8 Å². The molecule has 0 bridgehead atoms. The van der Waals surface area contributed by atoms with E-state index in [0.717, 1.165) is 52.4 Å². The average molecular weight is 499 g/mol. The number of nitrogens with one attached hydrogen (secondary N) is 4.